The molecular formula is C17H28N2O2. The van der Waals surface area contributed by atoms with Gasteiger partial charge in [-0.1, -0.05) is 39.5 Å². The Labute approximate surface area is 127 Å². The average Bonchev–Trinajstić information content (AvgIpc) is 3.07. The molecule has 4 nitrogen and oxygen atoms in total. The van der Waals surface area contributed by atoms with Gasteiger partial charge < -0.3 is 10.2 Å². The van der Waals surface area contributed by atoms with Crippen LogP contribution in [0.2, 0.25) is 0 Å². The molecule has 0 bridgehead atoms. The molecule has 2 amide bonds. The average molecular weight is 292 g/mol. The van der Waals surface area contributed by atoms with Gasteiger partial charge in [0.2, 0.25) is 11.8 Å². The molecule has 1 saturated heterocycles. The second kappa shape index (κ2) is 5.29. The highest BCUT2D eigenvalue weighted by Gasteiger charge is 2.52. The standard InChI is InChI=1S/C17H28N2O2/c1-3-13-14(20)18-17(10-6-7-11-17)15(21)19(13)12-16(2)8-4-5-9-16/h13H,3-12H2,1-2H3,(H,18,20). The first kappa shape index (κ1) is 14.9. The van der Waals surface area contributed by atoms with E-state index < -0.39 is 5.54 Å². The van der Waals surface area contributed by atoms with Crippen LogP contribution in [0.1, 0.15) is 71.6 Å². The van der Waals surface area contributed by atoms with Gasteiger partial charge in [0, 0.05) is 6.54 Å². The molecule has 3 rings (SSSR count). The van der Waals surface area contributed by atoms with Crippen LogP contribution in [0, 0.1) is 5.41 Å². The van der Waals surface area contributed by atoms with E-state index in [2.05, 4.69) is 12.2 Å². The SMILES string of the molecule is CCC1C(=O)NC2(CCCC2)C(=O)N1CC1(C)CCCC1. The number of carbonyl (C=O) groups excluding carboxylic acids is 2. The summed E-state index contributed by atoms with van der Waals surface area (Å²) in [5.41, 5.74) is -0.363. The van der Waals surface area contributed by atoms with Crippen molar-refractivity contribution in [2.45, 2.75) is 83.2 Å². The molecule has 0 radical (unpaired) electrons. The number of piperazine rings is 1. The fraction of sp³-hybridized carbons (Fsp3) is 0.882. The Balaban J connectivity index is 1.86. The molecule has 2 saturated carbocycles. The first-order valence-electron chi connectivity index (χ1n) is 8.63. The second-order valence-corrected chi connectivity index (χ2v) is 7.65. The van der Waals surface area contributed by atoms with Gasteiger partial charge in [0.1, 0.15) is 11.6 Å². The van der Waals surface area contributed by atoms with Gasteiger partial charge >= 0.3 is 0 Å². The number of hydrogen-bond donors (Lipinski definition) is 1. The molecule has 0 aromatic rings. The smallest absolute Gasteiger partial charge is 0.249 e. The van der Waals surface area contributed by atoms with E-state index in [0.29, 0.717) is 6.42 Å². The summed E-state index contributed by atoms with van der Waals surface area (Å²) < 4.78 is 0. The van der Waals surface area contributed by atoms with E-state index in [1.165, 1.54) is 25.7 Å². The summed E-state index contributed by atoms with van der Waals surface area (Å²) in [6.07, 6.45) is 9.33. The topological polar surface area (TPSA) is 49.4 Å². The highest BCUT2D eigenvalue weighted by atomic mass is 16.2. The molecule has 0 aromatic heterocycles. The van der Waals surface area contributed by atoms with Crippen LogP contribution >= 0.6 is 0 Å². The molecule has 1 heterocycles. The third kappa shape index (κ3) is 2.47. The fourth-order valence-corrected chi connectivity index (χ4v) is 4.63. The molecule has 21 heavy (non-hydrogen) atoms. The third-order valence-corrected chi connectivity index (χ3v) is 5.92. The largest absolute Gasteiger partial charge is 0.340 e. The summed E-state index contributed by atoms with van der Waals surface area (Å²) in [4.78, 5) is 27.6. The van der Waals surface area contributed by atoms with Crippen LogP contribution in [0.4, 0.5) is 0 Å². The number of nitrogens with zero attached hydrogens (tertiary/aromatic N) is 1. The van der Waals surface area contributed by atoms with Crippen molar-refractivity contribution in [3.8, 4) is 0 Å². The number of hydrogen-bond acceptors (Lipinski definition) is 2. The molecular weight excluding hydrogens is 264 g/mol. The Kier molecular flexibility index (Phi) is 3.74. The maximum absolute atomic E-state index is 13.1. The van der Waals surface area contributed by atoms with E-state index in [1.807, 2.05) is 11.8 Å². The van der Waals surface area contributed by atoms with Crippen LogP contribution in [0.3, 0.4) is 0 Å². The first-order chi connectivity index (χ1) is 10.00. The fourth-order valence-electron chi connectivity index (χ4n) is 4.63. The van der Waals surface area contributed by atoms with Gasteiger partial charge in [-0.3, -0.25) is 9.59 Å². The van der Waals surface area contributed by atoms with Crippen LogP contribution < -0.4 is 5.32 Å². The quantitative estimate of drug-likeness (QED) is 0.869. The lowest BCUT2D eigenvalue weighted by Crippen LogP contribution is -2.70. The summed E-state index contributed by atoms with van der Waals surface area (Å²) >= 11 is 0. The predicted octanol–water partition coefficient (Wildman–Crippen LogP) is 2.62. The van der Waals surface area contributed by atoms with Crippen molar-refractivity contribution in [2.75, 3.05) is 6.54 Å². The number of rotatable bonds is 3. The number of amides is 2. The van der Waals surface area contributed by atoms with E-state index in [-0.39, 0.29) is 23.3 Å². The molecule has 0 aromatic carbocycles. The minimum absolute atomic E-state index is 0.0700. The maximum atomic E-state index is 13.1. The number of nitrogens with one attached hydrogen (secondary N) is 1. The molecule has 1 unspecified atom stereocenters. The highest BCUT2D eigenvalue weighted by Crippen LogP contribution is 2.41. The van der Waals surface area contributed by atoms with Crippen LogP contribution in [0.5, 0.6) is 0 Å². The Morgan fingerprint density at radius 1 is 1.10 bits per heavy atom. The molecule has 3 fully saturated rings. The van der Waals surface area contributed by atoms with Gasteiger partial charge in [0.15, 0.2) is 0 Å². The van der Waals surface area contributed by atoms with Gasteiger partial charge in [-0.15, -0.1) is 0 Å². The summed E-state index contributed by atoms with van der Waals surface area (Å²) in [5.74, 6) is 0.264. The summed E-state index contributed by atoms with van der Waals surface area (Å²) in [5, 5.41) is 3.08. The summed E-state index contributed by atoms with van der Waals surface area (Å²) in [7, 11) is 0. The van der Waals surface area contributed by atoms with Crippen molar-refractivity contribution in [1.29, 1.82) is 0 Å². The Morgan fingerprint density at radius 3 is 2.24 bits per heavy atom. The highest BCUT2D eigenvalue weighted by molar-refractivity contribution is 6.00. The third-order valence-electron chi connectivity index (χ3n) is 5.92. The zero-order valence-electron chi connectivity index (χ0n) is 13.4. The lowest BCUT2D eigenvalue weighted by Gasteiger charge is -2.46. The molecule has 2 aliphatic carbocycles. The molecule has 1 N–H and O–H groups in total. The van der Waals surface area contributed by atoms with Crippen molar-refractivity contribution >= 4 is 11.8 Å². The maximum Gasteiger partial charge on any atom is 0.249 e. The van der Waals surface area contributed by atoms with E-state index in [0.717, 1.165) is 32.2 Å². The van der Waals surface area contributed by atoms with Crippen LogP contribution in [-0.4, -0.2) is 34.8 Å². The molecule has 4 heteroatoms. The summed E-state index contributed by atoms with van der Waals surface area (Å²) in [6, 6.07) is -0.263. The molecule has 1 spiro atoms. The van der Waals surface area contributed by atoms with Gasteiger partial charge in [-0.25, -0.2) is 0 Å². The van der Waals surface area contributed by atoms with Crippen molar-refractivity contribution < 1.29 is 9.59 Å². The van der Waals surface area contributed by atoms with Crippen LogP contribution in [-0.2, 0) is 9.59 Å². The normalized spacial score (nSPS) is 31.0. The lowest BCUT2D eigenvalue weighted by atomic mass is 9.84. The molecule has 3 aliphatic rings. The van der Waals surface area contributed by atoms with E-state index in [4.69, 9.17) is 0 Å². The van der Waals surface area contributed by atoms with Gasteiger partial charge in [-0.2, -0.15) is 0 Å². The minimum atomic E-state index is -0.572. The molecule has 1 atom stereocenters. The number of carbonyl (C=O) groups is 2. The van der Waals surface area contributed by atoms with E-state index in [1.54, 1.807) is 0 Å². The molecule has 1 aliphatic heterocycles. The predicted molar refractivity (Wildman–Crippen MR) is 81.7 cm³/mol. The van der Waals surface area contributed by atoms with Crippen molar-refractivity contribution in [1.82, 2.24) is 10.2 Å². The lowest BCUT2D eigenvalue weighted by molar-refractivity contribution is -0.156. The van der Waals surface area contributed by atoms with Crippen molar-refractivity contribution in [3.63, 3.8) is 0 Å². The Morgan fingerprint density at radius 2 is 1.67 bits per heavy atom. The first-order valence-corrected chi connectivity index (χ1v) is 8.63. The zero-order chi connectivity index (χ0) is 15.1. The van der Waals surface area contributed by atoms with Crippen LogP contribution in [0.15, 0.2) is 0 Å². The Bertz CT molecular complexity index is 434. The van der Waals surface area contributed by atoms with Crippen LogP contribution in [0.25, 0.3) is 0 Å². The summed E-state index contributed by atoms with van der Waals surface area (Å²) in [6.45, 7) is 5.06. The van der Waals surface area contributed by atoms with Crippen molar-refractivity contribution in [2.24, 2.45) is 5.41 Å². The van der Waals surface area contributed by atoms with E-state index >= 15 is 0 Å². The van der Waals surface area contributed by atoms with E-state index in [9.17, 15) is 9.59 Å². The van der Waals surface area contributed by atoms with Crippen molar-refractivity contribution in [3.05, 3.63) is 0 Å². The Hall–Kier alpha value is -1.06. The van der Waals surface area contributed by atoms with Gasteiger partial charge in [0.05, 0.1) is 0 Å². The zero-order valence-corrected chi connectivity index (χ0v) is 13.4. The second-order valence-electron chi connectivity index (χ2n) is 7.65. The monoisotopic (exact) mass is 292 g/mol. The molecule has 118 valence electrons. The minimum Gasteiger partial charge on any atom is -0.340 e. The van der Waals surface area contributed by atoms with Gasteiger partial charge in [-0.05, 0) is 37.5 Å². The van der Waals surface area contributed by atoms with Gasteiger partial charge in [0.25, 0.3) is 0 Å².